The van der Waals surface area contributed by atoms with Crippen LogP contribution in [-0.4, -0.2) is 25.1 Å². The fourth-order valence-corrected chi connectivity index (χ4v) is 3.62. The predicted molar refractivity (Wildman–Crippen MR) is 123 cm³/mol. The number of nitrogens with one attached hydrogen (secondary N) is 1. The minimum Gasteiger partial charge on any atom is -0.493 e. The minimum absolute atomic E-state index is 0.184. The summed E-state index contributed by atoms with van der Waals surface area (Å²) in [6, 6.07) is 22.4. The third kappa shape index (κ3) is 4.47. The summed E-state index contributed by atoms with van der Waals surface area (Å²) in [6.07, 6.45) is 0. The Morgan fingerprint density at radius 1 is 0.935 bits per heavy atom. The Balaban J connectivity index is 1.66. The van der Waals surface area contributed by atoms with E-state index in [0.717, 1.165) is 22.0 Å². The van der Waals surface area contributed by atoms with Crippen molar-refractivity contribution in [3.8, 4) is 22.8 Å². The number of amides is 1. The lowest BCUT2D eigenvalue weighted by Crippen LogP contribution is -2.23. The van der Waals surface area contributed by atoms with Crippen LogP contribution in [0.2, 0.25) is 5.02 Å². The number of fused-ring (bicyclic) bond motifs is 1. The van der Waals surface area contributed by atoms with E-state index in [9.17, 15) is 4.79 Å². The number of carbonyl (C=O) groups excluding carboxylic acids is 1. The Bertz CT molecular complexity index is 1260. The molecular formula is C25H21ClN2O3. The van der Waals surface area contributed by atoms with Gasteiger partial charge in [0, 0.05) is 22.5 Å². The Hall–Kier alpha value is -3.57. The number of hydrogen-bond donors (Lipinski definition) is 1. The number of pyridine rings is 1. The summed E-state index contributed by atoms with van der Waals surface area (Å²) in [7, 11) is 3.17. The minimum atomic E-state index is -0.184. The molecule has 31 heavy (non-hydrogen) atoms. The molecule has 156 valence electrons. The second kappa shape index (κ2) is 9.06. The molecule has 6 heteroatoms. The molecule has 1 heterocycles. The molecular weight excluding hydrogens is 412 g/mol. The van der Waals surface area contributed by atoms with Crippen molar-refractivity contribution in [1.29, 1.82) is 0 Å². The monoisotopic (exact) mass is 432 g/mol. The van der Waals surface area contributed by atoms with Gasteiger partial charge in [0.15, 0.2) is 11.5 Å². The smallest absolute Gasteiger partial charge is 0.252 e. The molecule has 0 aliphatic heterocycles. The molecule has 1 N–H and O–H groups in total. The molecule has 0 atom stereocenters. The molecule has 4 aromatic rings. The van der Waals surface area contributed by atoms with Crippen molar-refractivity contribution in [3.63, 3.8) is 0 Å². The molecule has 0 spiro atoms. The van der Waals surface area contributed by atoms with Crippen LogP contribution in [0, 0.1) is 0 Å². The van der Waals surface area contributed by atoms with Gasteiger partial charge in [0.2, 0.25) is 0 Å². The average molecular weight is 433 g/mol. The van der Waals surface area contributed by atoms with Gasteiger partial charge in [-0.05, 0) is 42.0 Å². The van der Waals surface area contributed by atoms with Crippen LogP contribution >= 0.6 is 11.6 Å². The lowest BCUT2D eigenvalue weighted by atomic mass is 10.0. The third-order valence-corrected chi connectivity index (χ3v) is 5.22. The van der Waals surface area contributed by atoms with Crippen LogP contribution < -0.4 is 14.8 Å². The zero-order valence-corrected chi connectivity index (χ0v) is 17.9. The number of aromatic nitrogens is 1. The molecule has 0 bridgehead atoms. The first-order valence-electron chi connectivity index (χ1n) is 9.74. The van der Waals surface area contributed by atoms with Gasteiger partial charge in [0.05, 0.1) is 31.0 Å². The molecule has 1 aromatic heterocycles. The van der Waals surface area contributed by atoms with E-state index in [4.69, 9.17) is 26.1 Å². The molecule has 0 fully saturated rings. The number of hydrogen-bond acceptors (Lipinski definition) is 4. The number of rotatable bonds is 6. The van der Waals surface area contributed by atoms with Gasteiger partial charge < -0.3 is 14.8 Å². The Labute approximate surface area is 185 Å². The van der Waals surface area contributed by atoms with Gasteiger partial charge in [-0.3, -0.25) is 4.79 Å². The number of halogens is 1. The van der Waals surface area contributed by atoms with Crippen molar-refractivity contribution in [2.45, 2.75) is 6.54 Å². The highest BCUT2D eigenvalue weighted by Gasteiger charge is 2.14. The van der Waals surface area contributed by atoms with Crippen molar-refractivity contribution in [2.24, 2.45) is 0 Å². The Kier molecular flexibility index (Phi) is 6.05. The standard InChI is InChI=1S/C25H21ClN2O3/c1-30-23-11-10-16(12-24(23)31-2)15-27-25(29)20-14-22(17-6-5-7-18(26)13-17)28-21-9-4-3-8-19(20)21/h3-14H,15H2,1-2H3,(H,27,29). The maximum Gasteiger partial charge on any atom is 0.252 e. The Morgan fingerprint density at radius 2 is 1.74 bits per heavy atom. The average Bonchev–Trinajstić information content (AvgIpc) is 2.81. The maximum atomic E-state index is 13.1. The predicted octanol–water partition coefficient (Wildman–Crippen LogP) is 5.50. The number of nitrogens with zero attached hydrogens (tertiary/aromatic N) is 1. The van der Waals surface area contributed by atoms with Gasteiger partial charge in [-0.15, -0.1) is 0 Å². The van der Waals surface area contributed by atoms with E-state index in [1.165, 1.54) is 0 Å². The first-order chi connectivity index (χ1) is 15.1. The molecule has 0 aliphatic rings. The summed E-state index contributed by atoms with van der Waals surface area (Å²) in [4.78, 5) is 17.9. The first-order valence-corrected chi connectivity index (χ1v) is 10.1. The highest BCUT2D eigenvalue weighted by molar-refractivity contribution is 6.30. The lowest BCUT2D eigenvalue weighted by molar-refractivity contribution is 0.0952. The van der Waals surface area contributed by atoms with Crippen molar-refractivity contribution < 1.29 is 14.3 Å². The number of carbonyl (C=O) groups is 1. The quantitative estimate of drug-likeness (QED) is 0.437. The molecule has 0 saturated heterocycles. The van der Waals surface area contributed by atoms with E-state index < -0.39 is 0 Å². The van der Waals surface area contributed by atoms with Gasteiger partial charge in [-0.1, -0.05) is 48.0 Å². The van der Waals surface area contributed by atoms with Gasteiger partial charge >= 0.3 is 0 Å². The Morgan fingerprint density at radius 3 is 2.52 bits per heavy atom. The fourth-order valence-electron chi connectivity index (χ4n) is 3.43. The van der Waals surface area contributed by atoms with Crippen LogP contribution in [-0.2, 0) is 6.54 Å². The van der Waals surface area contributed by atoms with Gasteiger partial charge in [0.25, 0.3) is 5.91 Å². The van der Waals surface area contributed by atoms with Crippen LogP contribution in [0.1, 0.15) is 15.9 Å². The van der Waals surface area contributed by atoms with E-state index in [0.29, 0.717) is 34.3 Å². The van der Waals surface area contributed by atoms with E-state index in [1.807, 2.05) is 66.7 Å². The van der Waals surface area contributed by atoms with Crippen molar-refractivity contribution >= 4 is 28.4 Å². The number of methoxy groups -OCH3 is 2. The highest BCUT2D eigenvalue weighted by atomic mass is 35.5. The SMILES string of the molecule is COc1ccc(CNC(=O)c2cc(-c3cccc(Cl)c3)nc3ccccc23)cc1OC. The van der Waals surface area contributed by atoms with E-state index in [1.54, 1.807) is 20.3 Å². The van der Waals surface area contributed by atoms with Crippen LogP contribution in [0.25, 0.3) is 22.2 Å². The van der Waals surface area contributed by atoms with Crippen LogP contribution in [0.4, 0.5) is 0 Å². The zero-order chi connectivity index (χ0) is 21.8. The second-order valence-electron chi connectivity index (χ2n) is 6.95. The third-order valence-electron chi connectivity index (χ3n) is 4.98. The number of para-hydroxylation sites is 1. The zero-order valence-electron chi connectivity index (χ0n) is 17.2. The van der Waals surface area contributed by atoms with E-state index in [-0.39, 0.29) is 5.91 Å². The van der Waals surface area contributed by atoms with Crippen LogP contribution in [0.5, 0.6) is 11.5 Å². The van der Waals surface area contributed by atoms with Crippen molar-refractivity contribution in [3.05, 3.63) is 88.9 Å². The molecule has 0 radical (unpaired) electrons. The molecule has 5 nitrogen and oxygen atoms in total. The maximum absolute atomic E-state index is 13.1. The molecule has 3 aromatic carbocycles. The summed E-state index contributed by atoms with van der Waals surface area (Å²) in [5.74, 6) is 1.08. The summed E-state index contributed by atoms with van der Waals surface area (Å²) in [6.45, 7) is 0.350. The first kappa shape index (κ1) is 20.7. The molecule has 0 unspecified atom stereocenters. The van der Waals surface area contributed by atoms with Crippen LogP contribution in [0.15, 0.2) is 72.8 Å². The van der Waals surface area contributed by atoms with Crippen LogP contribution in [0.3, 0.4) is 0 Å². The largest absolute Gasteiger partial charge is 0.493 e. The van der Waals surface area contributed by atoms with E-state index >= 15 is 0 Å². The molecule has 4 rings (SSSR count). The van der Waals surface area contributed by atoms with Crippen molar-refractivity contribution in [1.82, 2.24) is 10.3 Å². The summed E-state index contributed by atoms with van der Waals surface area (Å²) in [5.41, 5.74) is 3.75. The highest BCUT2D eigenvalue weighted by Crippen LogP contribution is 2.28. The van der Waals surface area contributed by atoms with Gasteiger partial charge in [-0.2, -0.15) is 0 Å². The van der Waals surface area contributed by atoms with Gasteiger partial charge in [-0.25, -0.2) is 4.98 Å². The summed E-state index contributed by atoms with van der Waals surface area (Å²) < 4.78 is 10.6. The van der Waals surface area contributed by atoms with E-state index in [2.05, 4.69) is 5.32 Å². The normalized spacial score (nSPS) is 10.7. The van der Waals surface area contributed by atoms with Gasteiger partial charge in [0.1, 0.15) is 0 Å². The molecule has 0 saturated carbocycles. The summed E-state index contributed by atoms with van der Waals surface area (Å²) in [5, 5.41) is 4.40. The second-order valence-corrected chi connectivity index (χ2v) is 7.39. The fraction of sp³-hybridized carbons (Fsp3) is 0.120. The lowest BCUT2D eigenvalue weighted by Gasteiger charge is -2.12. The molecule has 1 amide bonds. The van der Waals surface area contributed by atoms with Crippen molar-refractivity contribution in [2.75, 3.05) is 14.2 Å². The number of benzene rings is 3. The number of ether oxygens (including phenoxy) is 2. The summed E-state index contributed by atoms with van der Waals surface area (Å²) >= 11 is 6.15. The molecule has 0 aliphatic carbocycles. The topological polar surface area (TPSA) is 60.5 Å².